The second-order valence-corrected chi connectivity index (χ2v) is 14.3. The van der Waals surface area contributed by atoms with Gasteiger partial charge in [0.25, 0.3) is 0 Å². The zero-order valence-electron chi connectivity index (χ0n) is 26.1. The summed E-state index contributed by atoms with van der Waals surface area (Å²) in [6, 6.07) is 6.89. The second kappa shape index (κ2) is 10.7. The first-order chi connectivity index (χ1) is 19.2. The number of nitrogens with one attached hydrogen (secondary N) is 1. The van der Waals surface area contributed by atoms with E-state index >= 15 is 4.79 Å². The standard InChI is InChI=1S/C35H49NO5/c1-9-20(2)16-22(4)27-23(5)18-34(8)17-21(3)10-15-26(34)28(27)30(38)29-31-35(36-32(29)39,41-33(6,7)40-31)19-24-11-13-25(37)14-12-24/h11-14,16,18,20-21,26-29,31,37H,9-10,15,17,19H2,1-8H3,(H,36,39)/b22-16+/t20-,21-,26+,27-,28-,29+,31+,34-,35+/m0/s1. The number of Topliss-reactive ketones (excluding diaryl/α,β-unsaturated/α-hetero) is 1. The molecule has 0 spiro atoms. The van der Waals surface area contributed by atoms with Crippen molar-refractivity contribution in [2.45, 2.75) is 105 Å². The van der Waals surface area contributed by atoms with Crippen molar-refractivity contribution >= 4 is 11.7 Å². The van der Waals surface area contributed by atoms with E-state index in [0.717, 1.165) is 31.2 Å². The van der Waals surface area contributed by atoms with Gasteiger partial charge in [0.05, 0.1) is 0 Å². The number of phenolic OH excluding ortho intramolecular Hbond substituents is 1. The molecule has 2 N–H and O–H groups in total. The van der Waals surface area contributed by atoms with Gasteiger partial charge in [0.2, 0.25) is 5.91 Å². The monoisotopic (exact) mass is 563 g/mol. The molecule has 2 saturated heterocycles. The van der Waals surface area contributed by atoms with E-state index in [1.54, 1.807) is 12.1 Å². The van der Waals surface area contributed by atoms with Crippen molar-refractivity contribution in [2.75, 3.05) is 0 Å². The van der Waals surface area contributed by atoms with E-state index in [0.29, 0.717) is 18.3 Å². The number of ketones is 1. The number of carbonyl (C=O) groups excluding carboxylic acids is 2. The van der Waals surface area contributed by atoms with Crippen molar-refractivity contribution in [1.82, 2.24) is 5.32 Å². The van der Waals surface area contributed by atoms with E-state index in [1.165, 1.54) is 11.1 Å². The molecule has 41 heavy (non-hydrogen) atoms. The highest BCUT2D eigenvalue weighted by Gasteiger charge is 2.66. The van der Waals surface area contributed by atoms with Crippen LogP contribution in [-0.4, -0.2) is 34.4 Å². The highest BCUT2D eigenvalue weighted by atomic mass is 16.8. The molecule has 5 rings (SSSR count). The molecule has 4 aliphatic rings. The van der Waals surface area contributed by atoms with E-state index in [1.807, 2.05) is 26.0 Å². The van der Waals surface area contributed by atoms with Crippen molar-refractivity contribution in [2.24, 2.45) is 40.9 Å². The lowest BCUT2D eigenvalue weighted by Gasteiger charge is -2.52. The van der Waals surface area contributed by atoms with Crippen LogP contribution in [0.5, 0.6) is 5.75 Å². The summed E-state index contributed by atoms with van der Waals surface area (Å²) >= 11 is 0. The van der Waals surface area contributed by atoms with Crippen molar-refractivity contribution in [1.29, 1.82) is 0 Å². The Morgan fingerprint density at radius 2 is 1.85 bits per heavy atom. The smallest absolute Gasteiger partial charge is 0.235 e. The lowest BCUT2D eigenvalue weighted by molar-refractivity contribution is -0.179. The van der Waals surface area contributed by atoms with Gasteiger partial charge in [-0.1, -0.05) is 76.0 Å². The molecule has 1 aromatic carbocycles. The van der Waals surface area contributed by atoms with Gasteiger partial charge in [-0.3, -0.25) is 9.59 Å². The molecule has 1 amide bonds. The largest absolute Gasteiger partial charge is 0.508 e. The van der Waals surface area contributed by atoms with Crippen molar-refractivity contribution in [3.05, 3.63) is 53.1 Å². The summed E-state index contributed by atoms with van der Waals surface area (Å²) in [5, 5.41) is 12.9. The molecular formula is C35H49NO5. The summed E-state index contributed by atoms with van der Waals surface area (Å²) in [5.41, 5.74) is 2.12. The number of amides is 1. The van der Waals surface area contributed by atoms with Crippen LogP contribution in [0.3, 0.4) is 0 Å². The molecule has 0 radical (unpaired) electrons. The Labute approximate surface area is 246 Å². The number of hydrogen-bond donors (Lipinski definition) is 2. The fraction of sp³-hybridized carbons (Fsp3) is 0.657. The molecule has 1 aromatic rings. The van der Waals surface area contributed by atoms with Crippen LogP contribution in [0.1, 0.15) is 86.6 Å². The highest BCUT2D eigenvalue weighted by molar-refractivity contribution is 6.06. The number of allylic oxidation sites excluding steroid dienone is 4. The Balaban J connectivity index is 1.56. The van der Waals surface area contributed by atoms with Gasteiger partial charge in [-0.2, -0.15) is 0 Å². The maximum atomic E-state index is 15.0. The number of phenols is 1. The maximum absolute atomic E-state index is 15.0. The topological polar surface area (TPSA) is 84.9 Å². The van der Waals surface area contributed by atoms with Crippen LogP contribution in [0, 0.1) is 40.9 Å². The SMILES string of the molecule is CC[C@H](C)/C=C(\C)[C@H]1C(C)=C[C@]2(C)C[C@@H](C)CC[C@@H]2[C@@H]1C(=O)[C@H]1C(=O)N[C@]2(Cc3ccc(O)cc3)OC(C)(C)O[C@H]12. The molecule has 9 atom stereocenters. The Hall–Kier alpha value is -2.44. The molecule has 2 aliphatic heterocycles. The van der Waals surface area contributed by atoms with Crippen LogP contribution in [0.25, 0.3) is 0 Å². The number of hydrogen-bond acceptors (Lipinski definition) is 5. The van der Waals surface area contributed by atoms with Crippen LogP contribution in [0.2, 0.25) is 0 Å². The predicted molar refractivity (Wildman–Crippen MR) is 160 cm³/mol. The van der Waals surface area contributed by atoms with Gasteiger partial charge < -0.3 is 19.9 Å². The van der Waals surface area contributed by atoms with Crippen LogP contribution >= 0.6 is 0 Å². The predicted octanol–water partition coefficient (Wildman–Crippen LogP) is 6.72. The molecule has 0 unspecified atom stereocenters. The minimum absolute atomic E-state index is 0.0125. The number of ether oxygens (including phenoxy) is 2. The third kappa shape index (κ3) is 5.43. The van der Waals surface area contributed by atoms with Crippen molar-refractivity contribution in [3.63, 3.8) is 0 Å². The number of benzene rings is 1. The van der Waals surface area contributed by atoms with Crippen LogP contribution in [0.15, 0.2) is 47.6 Å². The maximum Gasteiger partial charge on any atom is 0.235 e. The van der Waals surface area contributed by atoms with Gasteiger partial charge in [0.1, 0.15) is 17.8 Å². The Morgan fingerprint density at radius 1 is 1.17 bits per heavy atom. The average Bonchev–Trinajstić information content (AvgIpc) is 3.26. The van der Waals surface area contributed by atoms with E-state index in [4.69, 9.17) is 9.47 Å². The molecule has 0 aromatic heterocycles. The molecule has 2 aliphatic carbocycles. The van der Waals surface area contributed by atoms with Crippen molar-refractivity contribution < 1.29 is 24.2 Å². The second-order valence-electron chi connectivity index (χ2n) is 14.3. The fourth-order valence-electron chi connectivity index (χ4n) is 8.72. The number of rotatable bonds is 7. The Morgan fingerprint density at radius 3 is 2.51 bits per heavy atom. The lowest BCUT2D eigenvalue weighted by atomic mass is 9.51. The molecule has 224 valence electrons. The lowest BCUT2D eigenvalue weighted by Crippen LogP contribution is -2.51. The molecule has 3 fully saturated rings. The van der Waals surface area contributed by atoms with Crippen LogP contribution < -0.4 is 5.32 Å². The number of aromatic hydroxyl groups is 1. The summed E-state index contributed by atoms with van der Waals surface area (Å²) in [6.07, 6.45) is 8.55. The third-order valence-electron chi connectivity index (χ3n) is 10.4. The molecule has 6 nitrogen and oxygen atoms in total. The molecule has 1 saturated carbocycles. The Kier molecular flexibility index (Phi) is 7.82. The first-order valence-electron chi connectivity index (χ1n) is 15.6. The minimum atomic E-state index is -1.15. The highest BCUT2D eigenvalue weighted by Crippen LogP contribution is 2.57. The third-order valence-corrected chi connectivity index (χ3v) is 10.4. The van der Waals surface area contributed by atoms with Gasteiger partial charge in [-0.05, 0) is 81.4 Å². The zero-order valence-corrected chi connectivity index (χ0v) is 26.1. The fourth-order valence-corrected chi connectivity index (χ4v) is 8.72. The van der Waals surface area contributed by atoms with Gasteiger partial charge >= 0.3 is 0 Å². The van der Waals surface area contributed by atoms with Gasteiger partial charge in [-0.15, -0.1) is 0 Å². The summed E-state index contributed by atoms with van der Waals surface area (Å²) < 4.78 is 12.9. The summed E-state index contributed by atoms with van der Waals surface area (Å²) in [7, 11) is 0. The molecule has 6 heteroatoms. The van der Waals surface area contributed by atoms with Crippen LogP contribution in [0.4, 0.5) is 0 Å². The first kappa shape index (κ1) is 30.0. The zero-order chi connectivity index (χ0) is 29.9. The van der Waals surface area contributed by atoms with E-state index < -0.39 is 23.5 Å². The molecule has 2 heterocycles. The minimum Gasteiger partial charge on any atom is -0.508 e. The molecular weight excluding hydrogens is 514 g/mol. The summed E-state index contributed by atoms with van der Waals surface area (Å²) in [5.74, 6) is -1.21. The average molecular weight is 564 g/mol. The normalized spacial score (nSPS) is 39.0. The van der Waals surface area contributed by atoms with Crippen molar-refractivity contribution in [3.8, 4) is 5.75 Å². The van der Waals surface area contributed by atoms with Gasteiger partial charge in [0.15, 0.2) is 17.3 Å². The Bertz CT molecular complexity index is 1250. The quantitative estimate of drug-likeness (QED) is 0.284. The van der Waals surface area contributed by atoms with Gasteiger partial charge in [0, 0.05) is 18.3 Å². The van der Waals surface area contributed by atoms with Crippen LogP contribution in [-0.2, 0) is 25.5 Å². The van der Waals surface area contributed by atoms with Gasteiger partial charge in [-0.25, -0.2) is 0 Å². The summed E-state index contributed by atoms with van der Waals surface area (Å²) in [4.78, 5) is 28.9. The van der Waals surface area contributed by atoms with E-state index in [9.17, 15) is 9.90 Å². The first-order valence-corrected chi connectivity index (χ1v) is 15.6. The number of fused-ring (bicyclic) bond motifs is 2. The molecule has 0 bridgehead atoms. The summed E-state index contributed by atoms with van der Waals surface area (Å²) in [6.45, 7) is 17.1. The number of carbonyl (C=O) groups is 2. The van der Waals surface area contributed by atoms with E-state index in [-0.39, 0.29) is 40.6 Å². The van der Waals surface area contributed by atoms with E-state index in [2.05, 4.69) is 59.0 Å².